The third-order valence-corrected chi connectivity index (χ3v) is 11.5. The molecule has 12 nitrogen and oxygen atoms in total. The molecule has 5 atom stereocenters. The summed E-state index contributed by atoms with van der Waals surface area (Å²) >= 11 is 19.6. The predicted molar refractivity (Wildman–Crippen MR) is 166 cm³/mol. The van der Waals surface area contributed by atoms with Gasteiger partial charge in [-0.25, -0.2) is 25.9 Å². The molecule has 2 aliphatic carbocycles. The van der Waals surface area contributed by atoms with Crippen LogP contribution in [0.5, 0.6) is 0 Å². The van der Waals surface area contributed by atoms with Gasteiger partial charge < -0.3 is 14.0 Å². The zero-order valence-corrected chi connectivity index (χ0v) is 36.3. The molecule has 0 saturated heterocycles. The SMILES string of the molecule is CCN(CCCS(=O)(=O)[O-])C1CCC(N=Nc2c(C#N)c(-c3ccccc3Cl)nn2C2C(Cl)CC(S(=O)(=O)[O-])CC2Cl)C(F)C1.[K+].[K+]. The van der Waals surface area contributed by atoms with Crippen molar-refractivity contribution in [2.45, 2.75) is 85.7 Å². The van der Waals surface area contributed by atoms with Crippen LogP contribution in [0.2, 0.25) is 5.02 Å². The van der Waals surface area contributed by atoms with Crippen molar-refractivity contribution in [3.05, 3.63) is 34.9 Å². The molecule has 0 spiro atoms. The maximum atomic E-state index is 15.5. The van der Waals surface area contributed by atoms with E-state index in [0.717, 1.165) is 0 Å². The Kier molecular flexibility index (Phi) is 18.4. The predicted octanol–water partition coefficient (Wildman–Crippen LogP) is -0.853. The summed E-state index contributed by atoms with van der Waals surface area (Å²) in [6, 6.07) is 6.81. The summed E-state index contributed by atoms with van der Waals surface area (Å²) in [4.78, 5) is 1.95. The molecule has 0 bridgehead atoms. The van der Waals surface area contributed by atoms with Gasteiger partial charge in [-0.3, -0.25) is 0 Å². The molecule has 2 aromatic rings. The third-order valence-electron chi connectivity index (χ3n) is 8.31. The molecule has 2 fully saturated rings. The van der Waals surface area contributed by atoms with Crippen LogP contribution in [0.4, 0.5) is 10.2 Å². The van der Waals surface area contributed by atoms with Gasteiger partial charge in [0, 0.05) is 17.4 Å². The Morgan fingerprint density at radius 3 is 2.28 bits per heavy atom. The molecular formula is C27H32Cl3FK2N6O6S2. The fraction of sp³-hybridized carbons (Fsp3) is 0.630. The number of hydrogen-bond acceptors (Lipinski definition) is 11. The Morgan fingerprint density at radius 1 is 1.11 bits per heavy atom. The number of azo groups is 1. The van der Waals surface area contributed by atoms with Gasteiger partial charge in [0.2, 0.25) is 0 Å². The largest absolute Gasteiger partial charge is 1.00 e. The molecule has 0 aliphatic heterocycles. The number of halogens is 4. The normalized spacial score (nSPS) is 26.8. The van der Waals surface area contributed by atoms with Crippen LogP contribution in [0.3, 0.4) is 0 Å². The minimum Gasteiger partial charge on any atom is -0.748 e. The van der Waals surface area contributed by atoms with Gasteiger partial charge >= 0.3 is 103 Å². The van der Waals surface area contributed by atoms with Gasteiger partial charge in [0.05, 0.1) is 47.3 Å². The number of hydrogen-bond donors (Lipinski definition) is 0. The Balaban J connectivity index is 0.00000384. The topological polar surface area (TPSA) is 184 Å². The van der Waals surface area contributed by atoms with Crippen molar-refractivity contribution >= 4 is 60.9 Å². The molecule has 4 rings (SSSR count). The number of benzene rings is 1. The average molecular weight is 804 g/mol. The van der Waals surface area contributed by atoms with Gasteiger partial charge in [-0.05, 0) is 57.7 Å². The van der Waals surface area contributed by atoms with Crippen LogP contribution >= 0.6 is 34.8 Å². The van der Waals surface area contributed by atoms with Crippen molar-refractivity contribution in [3.8, 4) is 17.3 Å². The van der Waals surface area contributed by atoms with Crippen LogP contribution in [-0.2, 0) is 20.2 Å². The molecule has 0 radical (unpaired) electrons. The van der Waals surface area contributed by atoms with E-state index in [1.807, 2.05) is 11.8 Å². The first kappa shape index (κ1) is 44.5. The number of nitrogens with zero attached hydrogens (tertiary/aromatic N) is 6. The molecule has 248 valence electrons. The first-order chi connectivity index (χ1) is 21.1. The van der Waals surface area contributed by atoms with Gasteiger partial charge in [-0.1, -0.05) is 36.7 Å². The second-order valence-electron chi connectivity index (χ2n) is 11.2. The third kappa shape index (κ3) is 11.7. The van der Waals surface area contributed by atoms with E-state index in [0.29, 0.717) is 36.5 Å². The summed E-state index contributed by atoms with van der Waals surface area (Å²) in [5.74, 6) is -0.543. The zero-order valence-electron chi connectivity index (χ0n) is 26.2. The van der Waals surface area contributed by atoms with Crippen molar-refractivity contribution in [2.75, 3.05) is 18.8 Å². The summed E-state index contributed by atoms with van der Waals surface area (Å²) in [7, 11) is -9.00. The maximum Gasteiger partial charge on any atom is 1.00 e. The van der Waals surface area contributed by atoms with Crippen molar-refractivity contribution in [3.63, 3.8) is 0 Å². The van der Waals surface area contributed by atoms with Crippen molar-refractivity contribution in [1.82, 2.24) is 14.7 Å². The second kappa shape index (κ2) is 19.4. The molecule has 2 aliphatic rings. The molecule has 47 heavy (non-hydrogen) atoms. The number of aromatic nitrogens is 2. The standard InChI is InChI=1S/C27H34Cl3FN6O6S2.2K/c1-2-36(10-5-11-44(38,39)40)16-8-9-24(23(31)12-16)33-34-27-19(15-32)25(18-6-3-4-7-20(18)28)35-37(27)26-21(29)13-17(14-22(26)30)45(41,42)43;;/h3-4,6-7,16-17,21-24,26H,2,5,8-14H2,1H3,(H,38,39,40)(H,41,42,43);;/q;2*+1/p-2. The second-order valence-corrected chi connectivity index (χ2v) is 15.9. The van der Waals surface area contributed by atoms with Crippen molar-refractivity contribution < 1.29 is 133 Å². The summed E-state index contributed by atoms with van der Waals surface area (Å²) in [6.07, 6.45) is -0.706. The summed E-state index contributed by atoms with van der Waals surface area (Å²) in [5, 5.41) is 20.4. The number of nitriles is 1. The summed E-state index contributed by atoms with van der Waals surface area (Å²) in [6.45, 7) is 2.76. The first-order valence-electron chi connectivity index (χ1n) is 14.4. The van der Waals surface area contributed by atoms with Gasteiger partial charge in [0.1, 0.15) is 29.5 Å². The number of alkyl halides is 3. The Bertz CT molecular complexity index is 1650. The van der Waals surface area contributed by atoms with E-state index < -0.39 is 60.2 Å². The Labute approximate surface area is 374 Å². The molecular weight excluding hydrogens is 772 g/mol. The molecule has 0 amide bonds. The molecule has 2 saturated carbocycles. The van der Waals surface area contributed by atoms with E-state index in [-0.39, 0.29) is 152 Å². The molecule has 5 unspecified atom stereocenters. The minimum absolute atomic E-state index is 0. The molecule has 0 N–H and O–H groups in total. The molecule has 1 aromatic carbocycles. The molecule has 1 aromatic heterocycles. The van der Waals surface area contributed by atoms with Gasteiger partial charge in [0.25, 0.3) is 0 Å². The van der Waals surface area contributed by atoms with Crippen LogP contribution in [0.25, 0.3) is 11.3 Å². The zero-order chi connectivity index (χ0) is 33.1. The Hall–Kier alpha value is 1.37. The fourth-order valence-corrected chi connectivity index (χ4v) is 8.91. The summed E-state index contributed by atoms with van der Waals surface area (Å²) < 4.78 is 84.9. The van der Waals surface area contributed by atoms with Crippen LogP contribution in [-0.4, -0.2) is 93.7 Å². The smallest absolute Gasteiger partial charge is 0.748 e. The van der Waals surface area contributed by atoms with E-state index in [9.17, 15) is 31.2 Å². The van der Waals surface area contributed by atoms with E-state index in [2.05, 4.69) is 21.4 Å². The monoisotopic (exact) mass is 802 g/mol. The fourth-order valence-electron chi connectivity index (χ4n) is 6.03. The van der Waals surface area contributed by atoms with Gasteiger partial charge in [-0.15, -0.1) is 28.3 Å². The van der Waals surface area contributed by atoms with Crippen LogP contribution in [0, 0.1) is 11.3 Å². The minimum atomic E-state index is -4.67. The first-order valence-corrected chi connectivity index (χ1v) is 18.7. The van der Waals surface area contributed by atoms with E-state index in [1.165, 1.54) is 4.68 Å². The quantitative estimate of drug-likeness (QED) is 0.121. The van der Waals surface area contributed by atoms with E-state index in [4.69, 9.17) is 34.8 Å². The van der Waals surface area contributed by atoms with Crippen molar-refractivity contribution in [2.24, 2.45) is 10.2 Å². The van der Waals surface area contributed by atoms with E-state index in [1.54, 1.807) is 24.3 Å². The van der Waals surface area contributed by atoms with Crippen LogP contribution in [0.15, 0.2) is 34.5 Å². The molecule has 20 heteroatoms. The van der Waals surface area contributed by atoms with Crippen LogP contribution in [0.1, 0.15) is 57.1 Å². The average Bonchev–Trinajstić information content (AvgIpc) is 3.31. The van der Waals surface area contributed by atoms with Gasteiger partial charge in [0.15, 0.2) is 5.82 Å². The number of rotatable bonds is 11. The van der Waals surface area contributed by atoms with Crippen molar-refractivity contribution in [1.29, 1.82) is 5.26 Å². The summed E-state index contributed by atoms with van der Waals surface area (Å²) in [5.41, 5.74) is 0.544. The maximum absolute atomic E-state index is 15.5. The van der Waals surface area contributed by atoms with Gasteiger partial charge in [-0.2, -0.15) is 15.5 Å². The van der Waals surface area contributed by atoms with E-state index >= 15 is 4.39 Å². The van der Waals surface area contributed by atoms with Crippen LogP contribution < -0.4 is 103 Å². The molecule has 1 heterocycles. The Morgan fingerprint density at radius 2 is 1.74 bits per heavy atom.